The topological polar surface area (TPSA) is 95.0 Å². The Kier molecular flexibility index (Phi) is 5.01. The predicted molar refractivity (Wildman–Crippen MR) is 129 cm³/mol. The maximum atomic E-state index is 6.46. The Hall–Kier alpha value is -2.75. The van der Waals surface area contributed by atoms with Gasteiger partial charge in [-0.15, -0.1) is 0 Å². The number of fused-ring (bicyclic) bond motifs is 2. The molecule has 0 unspecified atom stereocenters. The number of hydrogen-bond donors (Lipinski definition) is 1. The number of rotatable bonds is 3. The molecule has 9 heteroatoms. The molecule has 2 aliphatic rings. The summed E-state index contributed by atoms with van der Waals surface area (Å²) in [4.78, 5) is 22.2. The van der Waals surface area contributed by atoms with E-state index in [4.69, 9.17) is 20.4 Å². The first kappa shape index (κ1) is 20.8. The molecule has 0 amide bonds. The van der Waals surface area contributed by atoms with E-state index in [-0.39, 0.29) is 17.6 Å². The maximum absolute atomic E-state index is 6.46. The van der Waals surface area contributed by atoms with Crippen LogP contribution in [0, 0.1) is 5.41 Å². The van der Waals surface area contributed by atoms with Crippen LogP contribution in [0.3, 0.4) is 0 Å². The smallest absolute Gasteiger partial charge is 0.179 e. The highest BCUT2D eigenvalue weighted by Gasteiger charge is 2.47. The third kappa shape index (κ3) is 3.55. The van der Waals surface area contributed by atoms with Crippen molar-refractivity contribution in [3.8, 4) is 0 Å². The van der Waals surface area contributed by atoms with E-state index in [0.29, 0.717) is 5.65 Å². The Labute approximate surface area is 196 Å². The first-order valence-electron chi connectivity index (χ1n) is 11.4. The van der Waals surface area contributed by atoms with Gasteiger partial charge in [0.15, 0.2) is 5.65 Å². The van der Waals surface area contributed by atoms with Gasteiger partial charge in [-0.1, -0.05) is 11.8 Å². The number of aryl methyl sites for hydroxylation is 1. The van der Waals surface area contributed by atoms with Crippen LogP contribution in [0.4, 0.5) is 5.82 Å². The van der Waals surface area contributed by atoms with E-state index < -0.39 is 0 Å². The van der Waals surface area contributed by atoms with Crippen LogP contribution in [0.25, 0.3) is 22.2 Å². The van der Waals surface area contributed by atoms with Crippen LogP contribution in [0.1, 0.15) is 19.8 Å². The minimum atomic E-state index is 0.102. The highest BCUT2D eigenvalue weighted by atomic mass is 32.2. The number of aromatic nitrogens is 5. The van der Waals surface area contributed by atoms with Gasteiger partial charge in [0.2, 0.25) is 0 Å². The molecule has 4 aromatic heterocycles. The largest absolute Gasteiger partial charge is 0.376 e. The van der Waals surface area contributed by atoms with Gasteiger partial charge in [-0.25, -0.2) is 19.9 Å². The minimum absolute atomic E-state index is 0.102. The second-order valence-corrected chi connectivity index (χ2v) is 10.2. The van der Waals surface area contributed by atoms with E-state index in [1.54, 1.807) is 11.8 Å². The minimum Gasteiger partial charge on any atom is -0.376 e. The Morgan fingerprint density at radius 1 is 1.12 bits per heavy atom. The molecule has 170 valence electrons. The van der Waals surface area contributed by atoms with Crippen molar-refractivity contribution < 1.29 is 4.74 Å². The van der Waals surface area contributed by atoms with Crippen LogP contribution >= 0.6 is 11.8 Å². The van der Waals surface area contributed by atoms with Gasteiger partial charge < -0.3 is 19.9 Å². The quantitative estimate of drug-likeness (QED) is 0.496. The van der Waals surface area contributed by atoms with Gasteiger partial charge in [0, 0.05) is 54.3 Å². The molecule has 1 spiro atoms. The molecule has 2 atom stereocenters. The standard InChI is InChI=1S/C24H27N7OS/c1-15-21(25)24(14-32-15)7-11-31(12-8-24)19-13-27-22-17(28-19)3-4-20(29-22)33-18-5-9-26-23-16(18)6-10-30(23)2/h3-6,9-10,13,15,21H,7-8,11-12,14,25H2,1-2H3/t15-,21+/m0/s1. The number of hydrogen-bond acceptors (Lipinski definition) is 8. The maximum Gasteiger partial charge on any atom is 0.179 e. The molecule has 8 nitrogen and oxygen atoms in total. The zero-order valence-electron chi connectivity index (χ0n) is 18.8. The van der Waals surface area contributed by atoms with Crippen molar-refractivity contribution in [1.82, 2.24) is 24.5 Å². The normalized spacial score (nSPS) is 22.6. The fourth-order valence-electron chi connectivity index (χ4n) is 5.08. The fraction of sp³-hybridized carbons (Fsp3) is 0.417. The second kappa shape index (κ2) is 7.93. The highest BCUT2D eigenvalue weighted by Crippen LogP contribution is 2.41. The van der Waals surface area contributed by atoms with Gasteiger partial charge in [0.1, 0.15) is 22.0 Å². The first-order valence-corrected chi connectivity index (χ1v) is 12.2. The molecule has 0 aromatic carbocycles. The lowest BCUT2D eigenvalue weighted by Gasteiger charge is -2.41. The molecule has 2 aliphatic heterocycles. The van der Waals surface area contributed by atoms with Crippen molar-refractivity contribution in [2.24, 2.45) is 18.2 Å². The monoisotopic (exact) mass is 461 g/mol. The molecule has 0 bridgehead atoms. The highest BCUT2D eigenvalue weighted by molar-refractivity contribution is 7.99. The molecule has 2 saturated heterocycles. The predicted octanol–water partition coefficient (Wildman–Crippen LogP) is 3.40. The van der Waals surface area contributed by atoms with E-state index in [0.717, 1.165) is 64.8 Å². The van der Waals surface area contributed by atoms with Crippen LogP contribution < -0.4 is 10.6 Å². The van der Waals surface area contributed by atoms with E-state index in [1.807, 2.05) is 48.4 Å². The Morgan fingerprint density at radius 3 is 2.76 bits per heavy atom. The van der Waals surface area contributed by atoms with Crippen LogP contribution in [0.5, 0.6) is 0 Å². The van der Waals surface area contributed by atoms with Crippen molar-refractivity contribution in [3.63, 3.8) is 0 Å². The van der Waals surface area contributed by atoms with Crippen molar-refractivity contribution in [2.75, 3.05) is 24.6 Å². The van der Waals surface area contributed by atoms with Gasteiger partial charge in [-0.3, -0.25) is 0 Å². The molecule has 4 aromatic rings. The zero-order chi connectivity index (χ0) is 22.6. The number of piperidine rings is 1. The number of nitrogens with two attached hydrogens (primary N) is 1. The molecular formula is C24H27N7OS. The van der Waals surface area contributed by atoms with E-state index in [1.165, 1.54) is 0 Å². The number of ether oxygens (including phenoxy) is 1. The summed E-state index contributed by atoms with van der Waals surface area (Å²) in [5.41, 5.74) is 9.00. The lowest BCUT2D eigenvalue weighted by atomic mass is 9.73. The van der Waals surface area contributed by atoms with Crippen LogP contribution in [0.15, 0.2) is 52.8 Å². The Bertz CT molecular complexity index is 1330. The average molecular weight is 462 g/mol. The summed E-state index contributed by atoms with van der Waals surface area (Å²) < 4.78 is 7.87. The summed E-state index contributed by atoms with van der Waals surface area (Å²) in [5.74, 6) is 0.903. The molecule has 6 rings (SSSR count). The van der Waals surface area contributed by atoms with Gasteiger partial charge in [0.05, 0.1) is 18.9 Å². The second-order valence-electron chi connectivity index (χ2n) is 9.19. The molecule has 2 fully saturated rings. The van der Waals surface area contributed by atoms with Crippen LogP contribution in [-0.2, 0) is 11.8 Å². The average Bonchev–Trinajstić information content (AvgIpc) is 3.35. The third-order valence-corrected chi connectivity index (χ3v) is 8.25. The fourth-order valence-corrected chi connectivity index (χ4v) is 5.97. The summed E-state index contributed by atoms with van der Waals surface area (Å²) in [6.07, 6.45) is 7.89. The molecule has 6 heterocycles. The third-order valence-electron chi connectivity index (χ3n) is 7.24. The molecule has 0 saturated carbocycles. The van der Waals surface area contributed by atoms with E-state index >= 15 is 0 Å². The zero-order valence-corrected chi connectivity index (χ0v) is 19.6. The first-order chi connectivity index (χ1) is 16.0. The summed E-state index contributed by atoms with van der Waals surface area (Å²) in [7, 11) is 2.00. The number of pyridine rings is 2. The van der Waals surface area contributed by atoms with E-state index in [2.05, 4.69) is 27.9 Å². The molecule has 2 N–H and O–H groups in total. The van der Waals surface area contributed by atoms with Crippen molar-refractivity contribution in [3.05, 3.63) is 42.9 Å². The van der Waals surface area contributed by atoms with Crippen LogP contribution in [0.2, 0.25) is 0 Å². The SMILES string of the molecule is C[C@@H]1OCC2(CCN(c3cnc4nc(Sc5ccnc6c5ccn6C)ccc4n3)CC2)[C@@H]1N. The van der Waals surface area contributed by atoms with Crippen LogP contribution in [-0.4, -0.2) is 56.3 Å². The molecule has 0 radical (unpaired) electrons. The lowest BCUT2D eigenvalue weighted by Crippen LogP contribution is -2.50. The summed E-state index contributed by atoms with van der Waals surface area (Å²) >= 11 is 1.62. The molecule has 33 heavy (non-hydrogen) atoms. The number of nitrogens with zero attached hydrogens (tertiary/aromatic N) is 6. The lowest BCUT2D eigenvalue weighted by molar-refractivity contribution is 0.0974. The van der Waals surface area contributed by atoms with Crippen molar-refractivity contribution in [1.29, 1.82) is 0 Å². The molecule has 0 aliphatic carbocycles. The summed E-state index contributed by atoms with van der Waals surface area (Å²) in [5, 5.41) is 2.02. The summed E-state index contributed by atoms with van der Waals surface area (Å²) in [6.45, 7) is 4.68. The van der Waals surface area contributed by atoms with E-state index in [9.17, 15) is 0 Å². The number of anilines is 1. The van der Waals surface area contributed by atoms with Gasteiger partial charge in [-0.05, 0) is 44.0 Å². The van der Waals surface area contributed by atoms with Crippen molar-refractivity contribution >= 4 is 39.8 Å². The van der Waals surface area contributed by atoms with Gasteiger partial charge in [0.25, 0.3) is 0 Å². The Balaban J connectivity index is 1.21. The van der Waals surface area contributed by atoms with Gasteiger partial charge in [-0.2, -0.15) is 0 Å². The van der Waals surface area contributed by atoms with Gasteiger partial charge >= 0.3 is 0 Å². The molecular weight excluding hydrogens is 434 g/mol. The summed E-state index contributed by atoms with van der Waals surface area (Å²) in [6, 6.07) is 8.26. The Morgan fingerprint density at radius 2 is 1.97 bits per heavy atom. The van der Waals surface area contributed by atoms with Crippen molar-refractivity contribution in [2.45, 2.75) is 41.8 Å².